The van der Waals surface area contributed by atoms with E-state index in [0.29, 0.717) is 19.0 Å². The van der Waals surface area contributed by atoms with Crippen LogP contribution in [0.2, 0.25) is 0 Å². The van der Waals surface area contributed by atoms with Crippen molar-refractivity contribution in [2.45, 2.75) is 63.5 Å². The van der Waals surface area contributed by atoms with Crippen molar-refractivity contribution in [1.29, 1.82) is 0 Å². The lowest BCUT2D eigenvalue weighted by molar-refractivity contribution is -0.122. The van der Waals surface area contributed by atoms with Gasteiger partial charge in [-0.1, -0.05) is 18.7 Å². The first-order valence-corrected chi connectivity index (χ1v) is 13.1. The zero-order valence-corrected chi connectivity index (χ0v) is 21.5. The van der Waals surface area contributed by atoms with Crippen molar-refractivity contribution in [3.05, 3.63) is 53.9 Å². The van der Waals surface area contributed by atoms with E-state index < -0.39 is 0 Å². The van der Waals surface area contributed by atoms with E-state index in [1.54, 1.807) is 0 Å². The fourth-order valence-electron chi connectivity index (χ4n) is 5.85. The van der Waals surface area contributed by atoms with Gasteiger partial charge in [0.15, 0.2) is 0 Å². The number of amides is 3. The van der Waals surface area contributed by atoms with Crippen LogP contribution in [-0.2, 0) is 4.79 Å². The Balaban J connectivity index is 1.28. The van der Waals surface area contributed by atoms with E-state index in [1.807, 2.05) is 49.2 Å². The number of H-pyrrole nitrogens is 1. The van der Waals surface area contributed by atoms with E-state index in [-0.39, 0.29) is 29.9 Å². The van der Waals surface area contributed by atoms with Crippen molar-refractivity contribution in [2.24, 2.45) is 11.7 Å². The molecule has 2 fully saturated rings. The molecule has 2 aromatic rings. The summed E-state index contributed by atoms with van der Waals surface area (Å²) in [4.78, 5) is 30.3. The Morgan fingerprint density at radius 2 is 1.89 bits per heavy atom. The Kier molecular flexibility index (Phi) is 8.36. The van der Waals surface area contributed by atoms with Crippen LogP contribution in [0, 0.1) is 12.8 Å². The number of aromatic nitrogens is 1. The minimum atomic E-state index is -0.360. The summed E-state index contributed by atoms with van der Waals surface area (Å²) in [6, 6.07) is 7.62. The third-order valence-electron chi connectivity index (χ3n) is 7.85. The minimum absolute atomic E-state index is 0.0914. The average Bonchev–Trinajstić information content (AvgIpc) is 3.31. The summed E-state index contributed by atoms with van der Waals surface area (Å²) in [6.45, 7) is 7.13. The van der Waals surface area contributed by atoms with Gasteiger partial charge in [0, 0.05) is 38.1 Å². The Labute approximate surface area is 214 Å². The van der Waals surface area contributed by atoms with Gasteiger partial charge in [-0.05, 0) is 86.6 Å². The Morgan fingerprint density at radius 1 is 1.17 bits per heavy atom. The Morgan fingerprint density at radius 3 is 2.50 bits per heavy atom. The van der Waals surface area contributed by atoms with Crippen molar-refractivity contribution in [1.82, 2.24) is 15.2 Å². The molecular weight excluding hydrogens is 452 g/mol. The van der Waals surface area contributed by atoms with Gasteiger partial charge in [-0.15, -0.1) is 0 Å². The maximum atomic E-state index is 12.7. The highest BCUT2D eigenvalue weighted by atomic mass is 16.2. The third kappa shape index (κ3) is 5.93. The van der Waals surface area contributed by atoms with Gasteiger partial charge in [0.25, 0.3) is 0 Å². The molecule has 8 nitrogen and oxygen atoms in total. The standard InChI is InChI=1S/C28H40N6O2/c1-4-24-26(30-3)23(17-31-24)19-8-10-21(11-9-19)32-25(27(29)35)20-12-14-34(15-13-20)28(36)33-22-7-5-6-18(2)16-22/h4-7,16-17,19-21,25,30-32H,1,8-15H2,2-3H3,(H2,29,35)(H,33,36). The SMILES string of the molecule is C=Cc1[nH]cc(C2CCC(NC(C(N)=O)C3CCN(C(=O)Nc4cccc(C)c4)CC3)CC2)c1NC. The molecule has 1 atom stereocenters. The lowest BCUT2D eigenvalue weighted by Gasteiger charge is -2.38. The number of nitrogens with zero attached hydrogens (tertiary/aromatic N) is 1. The second kappa shape index (κ2) is 11.6. The van der Waals surface area contributed by atoms with E-state index >= 15 is 0 Å². The average molecular weight is 493 g/mol. The molecule has 0 radical (unpaired) electrons. The van der Waals surface area contributed by atoms with Crippen LogP contribution in [0.4, 0.5) is 16.2 Å². The molecule has 1 aliphatic carbocycles. The van der Waals surface area contributed by atoms with E-state index in [1.165, 1.54) is 5.56 Å². The fraction of sp³-hybridized carbons (Fsp3) is 0.500. The zero-order chi connectivity index (χ0) is 25.7. The molecule has 8 heteroatoms. The molecule has 1 saturated heterocycles. The summed E-state index contributed by atoms with van der Waals surface area (Å²) < 4.78 is 0. The molecule has 1 saturated carbocycles. The van der Waals surface area contributed by atoms with Gasteiger partial charge in [0.1, 0.15) is 0 Å². The molecule has 0 spiro atoms. The number of benzene rings is 1. The molecule has 194 valence electrons. The highest BCUT2D eigenvalue weighted by Crippen LogP contribution is 2.38. The van der Waals surface area contributed by atoms with Crippen molar-refractivity contribution in [3.63, 3.8) is 0 Å². The first-order chi connectivity index (χ1) is 17.4. The molecule has 3 amide bonds. The largest absolute Gasteiger partial charge is 0.386 e. The van der Waals surface area contributed by atoms with Crippen LogP contribution < -0.4 is 21.7 Å². The maximum Gasteiger partial charge on any atom is 0.321 e. The highest BCUT2D eigenvalue weighted by Gasteiger charge is 2.34. The van der Waals surface area contributed by atoms with Crippen LogP contribution in [0.3, 0.4) is 0 Å². The number of piperidine rings is 1. The summed E-state index contributed by atoms with van der Waals surface area (Å²) in [6.07, 6.45) is 9.59. The molecule has 4 rings (SSSR count). The number of urea groups is 1. The van der Waals surface area contributed by atoms with Gasteiger partial charge >= 0.3 is 6.03 Å². The van der Waals surface area contributed by atoms with Crippen LogP contribution in [0.15, 0.2) is 37.0 Å². The second-order valence-electron chi connectivity index (χ2n) is 10.2. The number of hydrogen-bond donors (Lipinski definition) is 5. The molecule has 1 aliphatic heterocycles. The summed E-state index contributed by atoms with van der Waals surface area (Å²) in [5.74, 6) is 0.329. The van der Waals surface area contributed by atoms with Crippen LogP contribution in [0.25, 0.3) is 6.08 Å². The molecule has 2 heterocycles. The van der Waals surface area contributed by atoms with Crippen LogP contribution >= 0.6 is 0 Å². The number of nitrogens with two attached hydrogens (primary N) is 1. The first kappa shape index (κ1) is 25.8. The molecular formula is C28H40N6O2. The predicted octanol–water partition coefficient (Wildman–Crippen LogP) is 4.42. The van der Waals surface area contributed by atoms with E-state index in [9.17, 15) is 9.59 Å². The smallest absolute Gasteiger partial charge is 0.321 e. The third-order valence-corrected chi connectivity index (χ3v) is 7.85. The van der Waals surface area contributed by atoms with Crippen molar-refractivity contribution < 1.29 is 9.59 Å². The van der Waals surface area contributed by atoms with Crippen molar-refractivity contribution >= 4 is 29.4 Å². The van der Waals surface area contributed by atoms with Crippen molar-refractivity contribution in [2.75, 3.05) is 30.8 Å². The lowest BCUT2D eigenvalue weighted by Crippen LogP contribution is -2.54. The summed E-state index contributed by atoms with van der Waals surface area (Å²) in [7, 11) is 1.95. The Bertz CT molecular complexity index is 1060. The quantitative estimate of drug-likeness (QED) is 0.375. The van der Waals surface area contributed by atoms with Crippen LogP contribution in [0.5, 0.6) is 0 Å². The van der Waals surface area contributed by atoms with E-state index in [4.69, 9.17) is 5.73 Å². The predicted molar refractivity (Wildman–Crippen MR) is 146 cm³/mol. The number of aryl methyl sites for hydroxylation is 1. The van der Waals surface area contributed by atoms with Crippen LogP contribution in [-0.4, -0.2) is 54.0 Å². The lowest BCUT2D eigenvalue weighted by atomic mass is 9.80. The van der Waals surface area contributed by atoms with Gasteiger partial charge in [0.2, 0.25) is 5.91 Å². The molecule has 1 aromatic heterocycles. The van der Waals surface area contributed by atoms with Crippen LogP contribution in [0.1, 0.15) is 61.3 Å². The molecule has 1 aromatic carbocycles. The number of hydrogen-bond acceptors (Lipinski definition) is 4. The summed E-state index contributed by atoms with van der Waals surface area (Å²) in [5, 5.41) is 9.89. The fourth-order valence-corrected chi connectivity index (χ4v) is 5.85. The topological polar surface area (TPSA) is 115 Å². The minimum Gasteiger partial charge on any atom is -0.386 e. The normalized spacial score (nSPS) is 21.6. The summed E-state index contributed by atoms with van der Waals surface area (Å²) >= 11 is 0. The molecule has 36 heavy (non-hydrogen) atoms. The van der Waals surface area contributed by atoms with Gasteiger partial charge in [-0.2, -0.15) is 0 Å². The number of carbonyl (C=O) groups excluding carboxylic acids is 2. The monoisotopic (exact) mass is 492 g/mol. The highest BCUT2D eigenvalue weighted by molar-refractivity contribution is 5.89. The van der Waals surface area contributed by atoms with Gasteiger partial charge in [-0.3, -0.25) is 4.79 Å². The molecule has 0 bridgehead atoms. The molecule has 6 N–H and O–H groups in total. The zero-order valence-electron chi connectivity index (χ0n) is 21.5. The number of primary amides is 1. The second-order valence-corrected chi connectivity index (χ2v) is 10.2. The number of anilines is 2. The van der Waals surface area contributed by atoms with Gasteiger partial charge < -0.3 is 31.6 Å². The first-order valence-electron chi connectivity index (χ1n) is 13.1. The Hall–Kier alpha value is -3.26. The number of carbonyl (C=O) groups is 2. The summed E-state index contributed by atoms with van der Waals surface area (Å²) in [5.41, 5.74) is 11.2. The maximum absolute atomic E-state index is 12.7. The number of rotatable bonds is 8. The molecule has 2 aliphatic rings. The number of nitrogens with one attached hydrogen (secondary N) is 4. The number of likely N-dealkylation sites (tertiary alicyclic amines) is 1. The van der Waals surface area contributed by atoms with E-state index in [2.05, 4.69) is 33.7 Å². The van der Waals surface area contributed by atoms with Gasteiger partial charge in [-0.25, -0.2) is 4.79 Å². The number of aromatic amines is 1. The van der Waals surface area contributed by atoms with Gasteiger partial charge in [0.05, 0.1) is 17.4 Å². The van der Waals surface area contributed by atoms with E-state index in [0.717, 1.165) is 61.2 Å². The molecule has 1 unspecified atom stereocenters. The van der Waals surface area contributed by atoms with Crippen molar-refractivity contribution in [3.8, 4) is 0 Å².